The molecular formula is C55H104O6. The van der Waals surface area contributed by atoms with Gasteiger partial charge >= 0.3 is 17.9 Å². The van der Waals surface area contributed by atoms with Crippen molar-refractivity contribution in [3.63, 3.8) is 0 Å². The fourth-order valence-electron chi connectivity index (χ4n) is 8.13. The third-order valence-corrected chi connectivity index (χ3v) is 12.3. The number of ether oxygens (including phenoxy) is 3. The smallest absolute Gasteiger partial charge is 0.306 e. The highest BCUT2D eigenvalue weighted by Gasteiger charge is 2.19. The molecule has 1 atom stereocenters. The third kappa shape index (κ3) is 49.0. The van der Waals surface area contributed by atoms with E-state index >= 15 is 0 Å². The number of esters is 3. The van der Waals surface area contributed by atoms with Gasteiger partial charge in [-0.15, -0.1) is 0 Å². The molecule has 0 radical (unpaired) electrons. The minimum atomic E-state index is -0.766. The molecule has 0 saturated heterocycles. The first-order valence-corrected chi connectivity index (χ1v) is 27.2. The van der Waals surface area contributed by atoms with Gasteiger partial charge in [-0.25, -0.2) is 0 Å². The Morgan fingerprint density at radius 3 is 0.869 bits per heavy atom. The van der Waals surface area contributed by atoms with Gasteiger partial charge in [0.2, 0.25) is 0 Å². The Balaban J connectivity index is 4.07. The molecule has 0 N–H and O–H groups in total. The maximum atomic E-state index is 12.7. The highest BCUT2D eigenvalue weighted by atomic mass is 16.6. The zero-order valence-electron chi connectivity index (χ0n) is 41.2. The molecule has 0 aliphatic rings. The molecule has 1 unspecified atom stereocenters. The van der Waals surface area contributed by atoms with Crippen molar-refractivity contribution in [3.05, 3.63) is 12.2 Å². The second-order valence-corrected chi connectivity index (χ2v) is 18.5. The Kier molecular flexibility index (Phi) is 49.3. The molecule has 0 bridgehead atoms. The van der Waals surface area contributed by atoms with Gasteiger partial charge in [-0.3, -0.25) is 14.4 Å². The SMILES string of the molecule is CCCC/C=C\CCCCCCCC(=O)OC(COC(=O)CCCCCCCCCC)COC(=O)CCCCCCCCCCCCCCCCCCCCCCCCCC. The van der Waals surface area contributed by atoms with Gasteiger partial charge in [0.25, 0.3) is 0 Å². The minimum Gasteiger partial charge on any atom is -0.462 e. The lowest BCUT2D eigenvalue weighted by molar-refractivity contribution is -0.167. The van der Waals surface area contributed by atoms with Gasteiger partial charge in [0.1, 0.15) is 13.2 Å². The molecule has 0 rings (SSSR count). The van der Waals surface area contributed by atoms with Gasteiger partial charge in [0.05, 0.1) is 0 Å². The quantitative estimate of drug-likeness (QED) is 0.0262. The Labute approximate surface area is 380 Å². The van der Waals surface area contributed by atoms with Gasteiger partial charge < -0.3 is 14.2 Å². The first-order chi connectivity index (χ1) is 30.0. The van der Waals surface area contributed by atoms with E-state index in [9.17, 15) is 14.4 Å². The Morgan fingerprint density at radius 2 is 0.557 bits per heavy atom. The van der Waals surface area contributed by atoms with Gasteiger partial charge in [0.15, 0.2) is 6.10 Å². The summed E-state index contributed by atoms with van der Waals surface area (Å²) in [6, 6.07) is 0. The number of hydrogen-bond donors (Lipinski definition) is 0. The first-order valence-electron chi connectivity index (χ1n) is 27.2. The normalized spacial score (nSPS) is 12.0. The van der Waals surface area contributed by atoms with Crippen LogP contribution in [0.5, 0.6) is 0 Å². The lowest BCUT2D eigenvalue weighted by Gasteiger charge is -2.18. The minimum absolute atomic E-state index is 0.0687. The maximum Gasteiger partial charge on any atom is 0.306 e. The van der Waals surface area contributed by atoms with Crippen molar-refractivity contribution in [2.24, 2.45) is 0 Å². The average Bonchev–Trinajstić information content (AvgIpc) is 3.26. The molecule has 0 aliphatic carbocycles. The zero-order valence-corrected chi connectivity index (χ0v) is 41.2. The zero-order chi connectivity index (χ0) is 44.4. The molecule has 0 spiro atoms. The average molecular weight is 861 g/mol. The van der Waals surface area contributed by atoms with Crippen molar-refractivity contribution >= 4 is 17.9 Å². The molecule has 360 valence electrons. The van der Waals surface area contributed by atoms with E-state index in [1.807, 2.05) is 0 Å². The van der Waals surface area contributed by atoms with Crippen LogP contribution in [-0.4, -0.2) is 37.2 Å². The van der Waals surface area contributed by atoms with E-state index in [-0.39, 0.29) is 31.1 Å². The summed E-state index contributed by atoms with van der Waals surface area (Å²) < 4.78 is 16.7. The lowest BCUT2D eigenvalue weighted by atomic mass is 10.0. The van der Waals surface area contributed by atoms with E-state index < -0.39 is 6.10 Å². The van der Waals surface area contributed by atoms with E-state index in [2.05, 4.69) is 32.9 Å². The molecular weight excluding hydrogens is 757 g/mol. The summed E-state index contributed by atoms with van der Waals surface area (Å²) in [5.74, 6) is -0.867. The molecule has 0 aromatic heterocycles. The number of hydrogen-bond acceptors (Lipinski definition) is 6. The molecule has 6 nitrogen and oxygen atoms in total. The monoisotopic (exact) mass is 861 g/mol. The lowest BCUT2D eigenvalue weighted by Crippen LogP contribution is -2.30. The number of rotatable bonds is 50. The molecule has 0 saturated carbocycles. The molecule has 0 aromatic carbocycles. The predicted molar refractivity (Wildman–Crippen MR) is 261 cm³/mol. The number of allylic oxidation sites excluding steroid dienone is 2. The van der Waals surface area contributed by atoms with Crippen LogP contribution in [0.3, 0.4) is 0 Å². The van der Waals surface area contributed by atoms with Gasteiger partial charge in [0, 0.05) is 19.3 Å². The van der Waals surface area contributed by atoms with Crippen LogP contribution in [-0.2, 0) is 28.6 Å². The number of carbonyl (C=O) groups is 3. The Hall–Kier alpha value is -1.85. The van der Waals surface area contributed by atoms with E-state index in [0.29, 0.717) is 19.3 Å². The highest BCUT2D eigenvalue weighted by molar-refractivity contribution is 5.71. The topological polar surface area (TPSA) is 78.9 Å². The van der Waals surface area contributed by atoms with E-state index in [1.165, 1.54) is 199 Å². The summed E-state index contributed by atoms with van der Waals surface area (Å²) in [5, 5.41) is 0. The van der Waals surface area contributed by atoms with Crippen LogP contribution in [0, 0.1) is 0 Å². The summed E-state index contributed by atoms with van der Waals surface area (Å²) in [5.41, 5.74) is 0. The van der Waals surface area contributed by atoms with Gasteiger partial charge in [-0.2, -0.15) is 0 Å². The fraction of sp³-hybridized carbons (Fsp3) is 0.909. The highest BCUT2D eigenvalue weighted by Crippen LogP contribution is 2.17. The van der Waals surface area contributed by atoms with Crippen LogP contribution in [0.25, 0.3) is 0 Å². The van der Waals surface area contributed by atoms with E-state index in [0.717, 1.165) is 64.2 Å². The molecule has 0 amide bonds. The van der Waals surface area contributed by atoms with E-state index in [4.69, 9.17) is 14.2 Å². The van der Waals surface area contributed by atoms with Crippen molar-refractivity contribution in [1.82, 2.24) is 0 Å². The summed E-state index contributed by atoms with van der Waals surface area (Å²) in [7, 11) is 0. The Bertz CT molecular complexity index is 947. The molecule has 0 fully saturated rings. The van der Waals surface area contributed by atoms with Crippen LogP contribution in [0.4, 0.5) is 0 Å². The summed E-state index contributed by atoms with van der Waals surface area (Å²) in [6.07, 6.45) is 56.6. The third-order valence-electron chi connectivity index (χ3n) is 12.3. The van der Waals surface area contributed by atoms with Crippen LogP contribution >= 0.6 is 0 Å². The first kappa shape index (κ1) is 59.1. The standard InChI is InChI=1S/C55H104O6/c1-4-7-10-13-16-19-21-22-23-24-25-26-27-28-29-30-31-32-33-35-36-39-42-45-48-54(57)60-51-52(50-59-53(56)47-44-41-38-18-15-12-9-6-3)61-55(58)49-46-43-40-37-34-20-17-14-11-8-5-2/h14,17,52H,4-13,15-16,18-51H2,1-3H3/b17-14-. The molecule has 0 aromatic rings. The van der Waals surface area contributed by atoms with Crippen molar-refractivity contribution in [2.75, 3.05) is 13.2 Å². The van der Waals surface area contributed by atoms with Crippen molar-refractivity contribution < 1.29 is 28.6 Å². The summed E-state index contributed by atoms with van der Waals surface area (Å²) in [6.45, 7) is 6.60. The molecule has 0 aliphatic heterocycles. The second-order valence-electron chi connectivity index (χ2n) is 18.5. The summed E-state index contributed by atoms with van der Waals surface area (Å²) >= 11 is 0. The van der Waals surface area contributed by atoms with Gasteiger partial charge in [-0.05, 0) is 38.5 Å². The number of unbranched alkanes of at least 4 members (excludes halogenated alkanes) is 37. The number of carbonyl (C=O) groups excluding carboxylic acids is 3. The molecule has 6 heteroatoms. The van der Waals surface area contributed by atoms with Crippen molar-refractivity contribution in [2.45, 2.75) is 309 Å². The van der Waals surface area contributed by atoms with Crippen molar-refractivity contribution in [1.29, 1.82) is 0 Å². The van der Waals surface area contributed by atoms with Crippen LogP contribution in [0.1, 0.15) is 303 Å². The summed E-state index contributed by atoms with van der Waals surface area (Å²) in [4.78, 5) is 37.8. The predicted octanol–water partition coefficient (Wildman–Crippen LogP) is 17.8. The maximum absolute atomic E-state index is 12.7. The molecule has 61 heavy (non-hydrogen) atoms. The van der Waals surface area contributed by atoms with Crippen molar-refractivity contribution in [3.8, 4) is 0 Å². The van der Waals surface area contributed by atoms with Crippen LogP contribution in [0.15, 0.2) is 12.2 Å². The Morgan fingerprint density at radius 1 is 0.311 bits per heavy atom. The largest absolute Gasteiger partial charge is 0.462 e. The van der Waals surface area contributed by atoms with E-state index in [1.54, 1.807) is 0 Å². The van der Waals surface area contributed by atoms with Gasteiger partial charge in [-0.1, -0.05) is 258 Å². The van der Waals surface area contributed by atoms with Crippen LogP contribution < -0.4 is 0 Å². The fourth-order valence-corrected chi connectivity index (χ4v) is 8.13. The van der Waals surface area contributed by atoms with Crippen LogP contribution in [0.2, 0.25) is 0 Å². The second kappa shape index (κ2) is 50.8. The molecule has 0 heterocycles.